The molecular formula is C25H31N5O2. The van der Waals surface area contributed by atoms with Gasteiger partial charge in [0.1, 0.15) is 0 Å². The van der Waals surface area contributed by atoms with Crippen LogP contribution in [0.25, 0.3) is 10.9 Å². The molecule has 4 N–H and O–H groups in total. The molecule has 0 unspecified atom stereocenters. The lowest BCUT2D eigenvalue weighted by Crippen LogP contribution is -2.49. The van der Waals surface area contributed by atoms with Crippen molar-refractivity contribution in [2.75, 3.05) is 31.5 Å². The Kier molecular flexibility index (Phi) is 7.07. The summed E-state index contributed by atoms with van der Waals surface area (Å²) >= 11 is 0. The van der Waals surface area contributed by atoms with E-state index in [-0.39, 0.29) is 18.0 Å². The van der Waals surface area contributed by atoms with E-state index in [2.05, 4.69) is 51.0 Å². The van der Waals surface area contributed by atoms with E-state index in [1.165, 1.54) is 16.5 Å². The number of hydrogen-bond donors (Lipinski definition) is 4. The lowest BCUT2D eigenvalue weighted by Gasteiger charge is -2.31. The highest BCUT2D eigenvalue weighted by Gasteiger charge is 2.22. The van der Waals surface area contributed by atoms with Crippen molar-refractivity contribution in [3.8, 4) is 0 Å². The van der Waals surface area contributed by atoms with Gasteiger partial charge in [-0.3, -0.25) is 9.69 Å². The topological polar surface area (TPSA) is 89.3 Å². The van der Waals surface area contributed by atoms with Crippen LogP contribution in [0, 0.1) is 6.92 Å². The zero-order valence-corrected chi connectivity index (χ0v) is 18.5. The molecule has 2 heterocycles. The molecule has 3 aromatic rings. The molecule has 3 amide bonds. The maximum absolute atomic E-state index is 12.3. The van der Waals surface area contributed by atoms with Crippen LogP contribution in [-0.2, 0) is 11.2 Å². The highest BCUT2D eigenvalue weighted by molar-refractivity contribution is 5.92. The number of rotatable bonds is 7. The van der Waals surface area contributed by atoms with Gasteiger partial charge in [0, 0.05) is 48.5 Å². The molecule has 1 saturated heterocycles. The average molecular weight is 434 g/mol. The van der Waals surface area contributed by atoms with Gasteiger partial charge in [-0.15, -0.1) is 0 Å². The first kappa shape index (κ1) is 21.9. The van der Waals surface area contributed by atoms with Crippen LogP contribution in [0.3, 0.4) is 0 Å². The summed E-state index contributed by atoms with van der Waals surface area (Å²) < 4.78 is 0. The lowest BCUT2D eigenvalue weighted by atomic mass is 10.1. The number of urea groups is 1. The van der Waals surface area contributed by atoms with Crippen LogP contribution in [0.1, 0.15) is 24.0 Å². The molecule has 1 aliphatic heterocycles. The minimum Gasteiger partial charge on any atom is -0.361 e. The monoisotopic (exact) mass is 433 g/mol. The Morgan fingerprint density at radius 1 is 1.09 bits per heavy atom. The van der Waals surface area contributed by atoms with Crippen molar-refractivity contribution in [2.45, 2.75) is 32.2 Å². The van der Waals surface area contributed by atoms with Crippen LogP contribution in [0.5, 0.6) is 0 Å². The van der Waals surface area contributed by atoms with E-state index >= 15 is 0 Å². The van der Waals surface area contributed by atoms with Gasteiger partial charge in [0.2, 0.25) is 5.91 Å². The summed E-state index contributed by atoms with van der Waals surface area (Å²) in [5, 5.41) is 10.2. The van der Waals surface area contributed by atoms with Crippen molar-refractivity contribution in [3.05, 3.63) is 65.9 Å². The summed E-state index contributed by atoms with van der Waals surface area (Å²) in [6.45, 7) is 4.63. The molecule has 1 aromatic heterocycles. The van der Waals surface area contributed by atoms with Crippen molar-refractivity contribution in [1.82, 2.24) is 20.5 Å². The summed E-state index contributed by atoms with van der Waals surface area (Å²) in [5.74, 6) is -0.00667. The number of benzene rings is 2. The van der Waals surface area contributed by atoms with Gasteiger partial charge in [-0.2, -0.15) is 0 Å². The van der Waals surface area contributed by atoms with E-state index in [0.29, 0.717) is 13.1 Å². The second-order valence-corrected chi connectivity index (χ2v) is 8.48. The second-order valence-electron chi connectivity index (χ2n) is 8.48. The van der Waals surface area contributed by atoms with Crippen LogP contribution >= 0.6 is 0 Å². The first-order valence-electron chi connectivity index (χ1n) is 11.2. The molecule has 0 bridgehead atoms. The SMILES string of the molecule is Cc1ccc2c(CCNC(=O)NC3CCN(CC(=O)Nc4ccccc4)CC3)c[nH]c2c1. The highest BCUT2D eigenvalue weighted by Crippen LogP contribution is 2.19. The van der Waals surface area contributed by atoms with Gasteiger partial charge in [-0.25, -0.2) is 4.79 Å². The molecule has 7 heteroatoms. The third kappa shape index (κ3) is 5.88. The largest absolute Gasteiger partial charge is 0.361 e. The molecule has 0 atom stereocenters. The molecule has 1 aliphatic rings. The number of fused-ring (bicyclic) bond motifs is 1. The van der Waals surface area contributed by atoms with Crippen molar-refractivity contribution >= 4 is 28.5 Å². The minimum absolute atomic E-state index is 0.00667. The number of carbonyl (C=O) groups is 2. The Labute approximate surface area is 188 Å². The lowest BCUT2D eigenvalue weighted by molar-refractivity contribution is -0.117. The Bertz CT molecular complexity index is 1050. The number of aryl methyl sites for hydroxylation is 1. The summed E-state index contributed by atoms with van der Waals surface area (Å²) in [4.78, 5) is 30.0. The molecule has 7 nitrogen and oxygen atoms in total. The molecular weight excluding hydrogens is 402 g/mol. The number of H-pyrrole nitrogens is 1. The van der Waals surface area contributed by atoms with E-state index in [1.54, 1.807) is 0 Å². The highest BCUT2D eigenvalue weighted by atomic mass is 16.2. The van der Waals surface area contributed by atoms with Crippen LogP contribution in [-0.4, -0.2) is 54.0 Å². The van der Waals surface area contributed by atoms with Crippen molar-refractivity contribution < 1.29 is 9.59 Å². The van der Waals surface area contributed by atoms with Crippen LogP contribution in [0.4, 0.5) is 10.5 Å². The smallest absolute Gasteiger partial charge is 0.315 e. The fraction of sp³-hybridized carbons (Fsp3) is 0.360. The van der Waals surface area contributed by atoms with E-state index < -0.39 is 0 Å². The normalized spacial score (nSPS) is 14.9. The van der Waals surface area contributed by atoms with Gasteiger partial charge in [-0.05, 0) is 55.5 Å². The Morgan fingerprint density at radius 2 is 1.88 bits per heavy atom. The number of aromatic nitrogens is 1. The van der Waals surface area contributed by atoms with Crippen LogP contribution in [0.2, 0.25) is 0 Å². The molecule has 0 aliphatic carbocycles. The summed E-state index contributed by atoms with van der Waals surface area (Å²) in [7, 11) is 0. The van der Waals surface area contributed by atoms with Crippen molar-refractivity contribution in [3.63, 3.8) is 0 Å². The van der Waals surface area contributed by atoms with Gasteiger partial charge in [0.15, 0.2) is 0 Å². The molecule has 0 saturated carbocycles. The molecule has 32 heavy (non-hydrogen) atoms. The van der Waals surface area contributed by atoms with Gasteiger partial charge in [0.25, 0.3) is 0 Å². The first-order valence-corrected chi connectivity index (χ1v) is 11.2. The van der Waals surface area contributed by atoms with E-state index in [4.69, 9.17) is 0 Å². The predicted molar refractivity (Wildman–Crippen MR) is 128 cm³/mol. The Balaban J connectivity index is 1.14. The summed E-state index contributed by atoms with van der Waals surface area (Å²) in [5.41, 5.74) is 4.38. The maximum atomic E-state index is 12.3. The molecule has 1 fully saturated rings. The van der Waals surface area contributed by atoms with E-state index in [1.807, 2.05) is 36.5 Å². The standard InChI is InChI=1S/C25H31N5O2/c1-18-7-8-22-19(16-27-23(22)15-18)9-12-26-25(32)29-21-10-13-30(14-11-21)17-24(31)28-20-5-3-2-4-6-20/h2-8,15-16,21,27H,9-14,17H2,1H3,(H,28,31)(H2,26,29,32). The number of likely N-dealkylation sites (tertiary alicyclic amines) is 1. The summed E-state index contributed by atoms with van der Waals surface area (Å²) in [6.07, 6.45) is 4.49. The van der Waals surface area contributed by atoms with Crippen molar-refractivity contribution in [1.29, 1.82) is 0 Å². The van der Waals surface area contributed by atoms with E-state index in [0.717, 1.165) is 43.6 Å². The maximum Gasteiger partial charge on any atom is 0.315 e. The fourth-order valence-electron chi connectivity index (χ4n) is 4.21. The van der Waals surface area contributed by atoms with E-state index in [9.17, 15) is 9.59 Å². The number of anilines is 1. The van der Waals surface area contributed by atoms with Gasteiger partial charge >= 0.3 is 6.03 Å². The molecule has 168 valence electrons. The molecule has 0 radical (unpaired) electrons. The van der Waals surface area contributed by atoms with Crippen LogP contribution < -0.4 is 16.0 Å². The number of hydrogen-bond acceptors (Lipinski definition) is 3. The third-order valence-corrected chi connectivity index (χ3v) is 5.95. The number of nitrogens with zero attached hydrogens (tertiary/aromatic N) is 1. The summed E-state index contributed by atoms with van der Waals surface area (Å²) in [6, 6.07) is 15.9. The zero-order chi connectivity index (χ0) is 22.3. The number of amides is 3. The predicted octanol–water partition coefficient (Wildman–Crippen LogP) is 3.42. The quantitative estimate of drug-likeness (QED) is 0.460. The number of nitrogens with one attached hydrogen (secondary N) is 4. The number of aromatic amines is 1. The number of piperidine rings is 1. The number of carbonyl (C=O) groups excluding carboxylic acids is 2. The Hall–Kier alpha value is -3.32. The molecule has 2 aromatic carbocycles. The zero-order valence-electron chi connectivity index (χ0n) is 18.5. The molecule has 0 spiro atoms. The average Bonchev–Trinajstić information content (AvgIpc) is 3.17. The number of para-hydroxylation sites is 1. The second kappa shape index (κ2) is 10.3. The fourth-order valence-corrected chi connectivity index (χ4v) is 4.21. The van der Waals surface area contributed by atoms with Crippen molar-refractivity contribution in [2.24, 2.45) is 0 Å². The van der Waals surface area contributed by atoms with Gasteiger partial charge < -0.3 is 20.9 Å². The minimum atomic E-state index is -0.124. The first-order chi connectivity index (χ1) is 15.6. The van der Waals surface area contributed by atoms with Gasteiger partial charge in [0.05, 0.1) is 6.54 Å². The Morgan fingerprint density at radius 3 is 2.66 bits per heavy atom. The van der Waals surface area contributed by atoms with Crippen LogP contribution in [0.15, 0.2) is 54.7 Å². The molecule has 4 rings (SSSR count). The third-order valence-electron chi connectivity index (χ3n) is 5.95. The van der Waals surface area contributed by atoms with Gasteiger partial charge in [-0.1, -0.05) is 30.3 Å².